The Morgan fingerprint density at radius 2 is 2.40 bits per heavy atom. The highest BCUT2D eigenvalue weighted by Crippen LogP contribution is 2.19. The fourth-order valence-electron chi connectivity index (χ4n) is 1.31. The maximum atomic E-state index is 10.8. The summed E-state index contributed by atoms with van der Waals surface area (Å²) in [6.45, 7) is 4.81. The number of imidazole rings is 1. The van der Waals surface area contributed by atoms with Gasteiger partial charge in [0.1, 0.15) is 11.1 Å². The first-order valence-electron chi connectivity index (χ1n) is 5.03. The summed E-state index contributed by atoms with van der Waals surface area (Å²) in [5, 5.41) is 8.55. The Balaban J connectivity index is 2.52. The van der Waals surface area contributed by atoms with E-state index in [2.05, 4.69) is 4.98 Å². The van der Waals surface area contributed by atoms with Crippen LogP contribution in [0.25, 0.3) is 0 Å². The molecule has 1 rings (SSSR count). The van der Waals surface area contributed by atoms with E-state index in [1.165, 1.54) is 11.8 Å². The van der Waals surface area contributed by atoms with E-state index in [1.807, 2.05) is 24.6 Å². The van der Waals surface area contributed by atoms with Crippen LogP contribution in [0.5, 0.6) is 0 Å². The molecule has 0 fully saturated rings. The van der Waals surface area contributed by atoms with Gasteiger partial charge < -0.3 is 9.67 Å². The quantitative estimate of drug-likeness (QED) is 0.809. The molecule has 1 atom stereocenters. The molecule has 5 heteroatoms. The van der Waals surface area contributed by atoms with Crippen molar-refractivity contribution < 1.29 is 9.90 Å². The summed E-state index contributed by atoms with van der Waals surface area (Å²) in [4.78, 5) is 15.0. The average Bonchev–Trinajstić information content (AvgIpc) is 2.65. The molecule has 0 aromatic carbocycles. The normalized spacial score (nSPS) is 12.7. The third kappa shape index (κ3) is 3.27. The van der Waals surface area contributed by atoms with Crippen LogP contribution in [0, 0.1) is 0 Å². The standard InChI is InChI=1S/C10H16N2O2S/c1-3-8(10(13)14)15-7-9-11-5-6-12(9)4-2/h5-6,8H,3-4,7H2,1-2H3,(H,13,14). The molecule has 1 aromatic rings. The highest BCUT2D eigenvalue weighted by Gasteiger charge is 2.16. The van der Waals surface area contributed by atoms with Gasteiger partial charge in [0.2, 0.25) is 0 Å². The molecule has 1 aromatic heterocycles. The summed E-state index contributed by atoms with van der Waals surface area (Å²) in [6, 6.07) is 0. The molecule has 0 spiro atoms. The Morgan fingerprint density at radius 3 is 2.93 bits per heavy atom. The summed E-state index contributed by atoms with van der Waals surface area (Å²) in [6.07, 6.45) is 4.31. The smallest absolute Gasteiger partial charge is 0.316 e. The molecule has 0 radical (unpaired) electrons. The van der Waals surface area contributed by atoms with E-state index in [4.69, 9.17) is 5.11 Å². The van der Waals surface area contributed by atoms with E-state index in [1.54, 1.807) is 6.20 Å². The summed E-state index contributed by atoms with van der Waals surface area (Å²) in [5.74, 6) is 0.866. The number of nitrogens with zero attached hydrogens (tertiary/aromatic N) is 2. The molecule has 4 nitrogen and oxygen atoms in total. The van der Waals surface area contributed by atoms with Crippen LogP contribution in [-0.2, 0) is 17.1 Å². The summed E-state index contributed by atoms with van der Waals surface area (Å²) >= 11 is 1.43. The van der Waals surface area contributed by atoms with Gasteiger partial charge in [-0.25, -0.2) is 4.98 Å². The number of hydrogen-bond acceptors (Lipinski definition) is 3. The van der Waals surface area contributed by atoms with Gasteiger partial charge in [0.25, 0.3) is 0 Å². The van der Waals surface area contributed by atoms with Gasteiger partial charge >= 0.3 is 5.97 Å². The minimum atomic E-state index is -0.739. The highest BCUT2D eigenvalue weighted by molar-refractivity contribution is 7.99. The lowest BCUT2D eigenvalue weighted by atomic mass is 10.3. The van der Waals surface area contributed by atoms with Gasteiger partial charge in [-0.1, -0.05) is 6.92 Å². The number of thioether (sulfide) groups is 1. The van der Waals surface area contributed by atoms with E-state index < -0.39 is 5.97 Å². The number of rotatable bonds is 6. The molecule has 84 valence electrons. The predicted octanol–water partition coefficient (Wildman–Crippen LogP) is 2.00. The number of aryl methyl sites for hydroxylation is 1. The molecule has 1 heterocycles. The lowest BCUT2D eigenvalue weighted by molar-refractivity contribution is -0.136. The molecule has 0 aliphatic heterocycles. The number of carbonyl (C=O) groups is 1. The first-order valence-corrected chi connectivity index (χ1v) is 6.08. The van der Waals surface area contributed by atoms with Crippen molar-refractivity contribution >= 4 is 17.7 Å². The molecule has 0 saturated carbocycles. The van der Waals surface area contributed by atoms with Crippen LogP contribution in [0.15, 0.2) is 12.4 Å². The van der Waals surface area contributed by atoms with Crippen molar-refractivity contribution in [2.75, 3.05) is 0 Å². The van der Waals surface area contributed by atoms with Crippen LogP contribution in [0.4, 0.5) is 0 Å². The third-order valence-corrected chi connectivity index (χ3v) is 3.56. The van der Waals surface area contributed by atoms with Gasteiger partial charge in [-0.2, -0.15) is 0 Å². The van der Waals surface area contributed by atoms with Gasteiger partial charge in [0.15, 0.2) is 0 Å². The predicted molar refractivity (Wildman–Crippen MR) is 60.9 cm³/mol. The van der Waals surface area contributed by atoms with Crippen molar-refractivity contribution in [2.45, 2.75) is 37.8 Å². The van der Waals surface area contributed by atoms with Gasteiger partial charge in [-0.15, -0.1) is 11.8 Å². The van der Waals surface area contributed by atoms with E-state index in [0.29, 0.717) is 12.2 Å². The van der Waals surface area contributed by atoms with Crippen LogP contribution in [0.2, 0.25) is 0 Å². The van der Waals surface area contributed by atoms with Crippen LogP contribution >= 0.6 is 11.8 Å². The maximum Gasteiger partial charge on any atom is 0.316 e. The Bertz CT molecular complexity index is 325. The fraction of sp³-hybridized carbons (Fsp3) is 0.600. The molecule has 0 bridgehead atoms. The number of carboxylic acids is 1. The van der Waals surface area contributed by atoms with E-state index in [-0.39, 0.29) is 5.25 Å². The second kappa shape index (κ2) is 5.80. The Kier molecular flexibility index (Phi) is 4.68. The van der Waals surface area contributed by atoms with E-state index in [9.17, 15) is 4.79 Å². The van der Waals surface area contributed by atoms with Crippen molar-refractivity contribution in [1.82, 2.24) is 9.55 Å². The molecular formula is C10H16N2O2S. The monoisotopic (exact) mass is 228 g/mol. The molecule has 0 saturated heterocycles. The lowest BCUT2D eigenvalue weighted by Gasteiger charge is -2.09. The third-order valence-electron chi connectivity index (χ3n) is 2.20. The van der Waals surface area contributed by atoms with Crippen LogP contribution in [0.1, 0.15) is 26.1 Å². The number of carboxylic acid groups (broad SMARTS) is 1. The molecular weight excluding hydrogens is 212 g/mol. The van der Waals surface area contributed by atoms with Crippen LogP contribution in [-0.4, -0.2) is 25.9 Å². The molecule has 0 aliphatic rings. The molecule has 15 heavy (non-hydrogen) atoms. The number of aromatic nitrogens is 2. The van der Waals surface area contributed by atoms with Gasteiger partial charge in [0.05, 0.1) is 5.75 Å². The van der Waals surface area contributed by atoms with Crippen molar-refractivity contribution in [2.24, 2.45) is 0 Å². The molecule has 1 N–H and O–H groups in total. The molecule has 1 unspecified atom stereocenters. The van der Waals surface area contributed by atoms with Crippen molar-refractivity contribution in [1.29, 1.82) is 0 Å². The molecule has 0 amide bonds. The topological polar surface area (TPSA) is 55.1 Å². The lowest BCUT2D eigenvalue weighted by Crippen LogP contribution is -2.15. The molecule has 0 aliphatic carbocycles. The first kappa shape index (κ1) is 12.1. The van der Waals surface area contributed by atoms with Crippen molar-refractivity contribution in [3.05, 3.63) is 18.2 Å². The Morgan fingerprint density at radius 1 is 1.67 bits per heavy atom. The minimum Gasteiger partial charge on any atom is -0.480 e. The summed E-state index contributed by atoms with van der Waals surface area (Å²) in [7, 11) is 0. The SMILES string of the molecule is CCC(SCc1nccn1CC)C(=O)O. The number of aliphatic carboxylic acids is 1. The Hall–Kier alpha value is -0.970. The highest BCUT2D eigenvalue weighted by atomic mass is 32.2. The second-order valence-corrected chi connectivity index (χ2v) is 4.37. The van der Waals surface area contributed by atoms with Crippen LogP contribution in [0.3, 0.4) is 0 Å². The maximum absolute atomic E-state index is 10.8. The number of hydrogen-bond donors (Lipinski definition) is 1. The zero-order valence-electron chi connectivity index (χ0n) is 9.01. The van der Waals surface area contributed by atoms with E-state index >= 15 is 0 Å². The average molecular weight is 228 g/mol. The minimum absolute atomic E-state index is 0.327. The summed E-state index contributed by atoms with van der Waals surface area (Å²) < 4.78 is 2.03. The van der Waals surface area contributed by atoms with Gasteiger partial charge in [-0.05, 0) is 13.3 Å². The van der Waals surface area contributed by atoms with Crippen molar-refractivity contribution in [3.8, 4) is 0 Å². The van der Waals surface area contributed by atoms with Crippen molar-refractivity contribution in [3.63, 3.8) is 0 Å². The summed E-state index contributed by atoms with van der Waals surface area (Å²) in [5.41, 5.74) is 0. The second-order valence-electron chi connectivity index (χ2n) is 3.18. The fourth-order valence-corrected chi connectivity index (χ4v) is 2.28. The van der Waals surface area contributed by atoms with Gasteiger partial charge in [0, 0.05) is 18.9 Å². The largest absolute Gasteiger partial charge is 0.480 e. The zero-order chi connectivity index (χ0) is 11.3. The first-order chi connectivity index (χ1) is 7.19. The van der Waals surface area contributed by atoms with Gasteiger partial charge in [-0.3, -0.25) is 4.79 Å². The van der Waals surface area contributed by atoms with Crippen LogP contribution < -0.4 is 0 Å². The Labute approximate surface area is 93.7 Å². The van der Waals surface area contributed by atoms with E-state index in [0.717, 1.165) is 12.4 Å². The zero-order valence-corrected chi connectivity index (χ0v) is 9.83.